The number of rotatable bonds is 5. The van der Waals surface area contributed by atoms with Crippen LogP contribution in [0, 0.1) is 0 Å². The topological polar surface area (TPSA) is 78.8 Å². The number of nitrogen functional groups attached to an aromatic ring is 1. The molecule has 0 fully saturated rings. The molecule has 0 saturated heterocycles. The largest absolute Gasteiger partial charge is 0.496 e. The Bertz CT molecular complexity index is 631. The van der Waals surface area contributed by atoms with E-state index in [2.05, 4.69) is 15.5 Å². The number of benzene rings is 1. The highest BCUT2D eigenvalue weighted by Crippen LogP contribution is 2.32. The molecule has 0 bridgehead atoms. The normalized spacial score (nSPS) is 11.9. The second-order valence-corrected chi connectivity index (χ2v) is 4.18. The molecule has 0 aliphatic heterocycles. The molecule has 0 unspecified atom stereocenters. The van der Waals surface area contributed by atoms with Crippen LogP contribution in [0.2, 0.25) is 0 Å². The molecule has 21 heavy (non-hydrogen) atoms. The number of tetrazole rings is 1. The standard InChI is InChI=1S/C11H11F4N5O/c1-21-8-3-2-6(16)4-7(8)9-17-18-19-20(9)5-11(14,15)10(12)13/h2-4,10H,5,16H2,1H3. The molecule has 0 saturated carbocycles. The predicted octanol–water partition coefficient (Wildman–Crippen LogP) is 1.83. The molecule has 114 valence electrons. The van der Waals surface area contributed by atoms with Crippen molar-refractivity contribution in [2.75, 3.05) is 12.8 Å². The summed E-state index contributed by atoms with van der Waals surface area (Å²) in [6, 6.07) is 4.43. The van der Waals surface area contributed by atoms with Crippen LogP contribution < -0.4 is 10.5 Å². The number of nitrogens with two attached hydrogens (primary N) is 1. The van der Waals surface area contributed by atoms with E-state index in [0.29, 0.717) is 10.4 Å². The maximum absolute atomic E-state index is 13.1. The van der Waals surface area contributed by atoms with E-state index in [1.807, 2.05) is 0 Å². The van der Waals surface area contributed by atoms with Gasteiger partial charge in [0.15, 0.2) is 5.82 Å². The van der Waals surface area contributed by atoms with Crippen LogP contribution in [0.3, 0.4) is 0 Å². The zero-order chi connectivity index (χ0) is 15.6. The van der Waals surface area contributed by atoms with Gasteiger partial charge in [-0.05, 0) is 28.6 Å². The van der Waals surface area contributed by atoms with Gasteiger partial charge in [-0.2, -0.15) is 8.78 Å². The molecule has 0 aliphatic rings. The van der Waals surface area contributed by atoms with Crippen LogP contribution in [0.15, 0.2) is 18.2 Å². The molecule has 2 aromatic rings. The molecule has 2 rings (SSSR count). The first kappa shape index (κ1) is 15.0. The third-order valence-corrected chi connectivity index (χ3v) is 2.68. The Balaban J connectivity index is 2.44. The summed E-state index contributed by atoms with van der Waals surface area (Å²) < 4.78 is 56.5. The molecule has 0 spiro atoms. The molecular weight excluding hydrogens is 294 g/mol. The average Bonchev–Trinajstić information content (AvgIpc) is 2.85. The Labute approximate surface area is 116 Å². The fourth-order valence-corrected chi connectivity index (χ4v) is 1.67. The van der Waals surface area contributed by atoms with Crippen molar-refractivity contribution in [2.24, 2.45) is 0 Å². The summed E-state index contributed by atoms with van der Waals surface area (Å²) in [6.45, 7) is -1.36. The molecule has 1 aromatic heterocycles. The molecular formula is C11H11F4N5O. The number of nitrogens with zero attached hydrogens (tertiary/aromatic N) is 4. The summed E-state index contributed by atoms with van der Waals surface area (Å²) in [7, 11) is 1.36. The van der Waals surface area contributed by atoms with E-state index < -0.39 is 18.9 Å². The lowest BCUT2D eigenvalue weighted by Crippen LogP contribution is -2.32. The van der Waals surface area contributed by atoms with Crippen LogP contribution in [0.4, 0.5) is 23.2 Å². The number of anilines is 1. The summed E-state index contributed by atoms with van der Waals surface area (Å²) in [5.74, 6) is -4.11. The van der Waals surface area contributed by atoms with Crippen molar-refractivity contribution >= 4 is 5.69 Å². The smallest absolute Gasteiger partial charge is 0.326 e. The zero-order valence-corrected chi connectivity index (χ0v) is 10.8. The Kier molecular flexibility index (Phi) is 3.96. The summed E-state index contributed by atoms with van der Waals surface area (Å²) in [5, 5.41) is 10.1. The number of hydrogen-bond donors (Lipinski definition) is 1. The van der Waals surface area contributed by atoms with Crippen LogP contribution in [0.1, 0.15) is 0 Å². The van der Waals surface area contributed by atoms with Gasteiger partial charge in [-0.1, -0.05) is 0 Å². The fraction of sp³-hybridized carbons (Fsp3) is 0.364. The minimum Gasteiger partial charge on any atom is -0.496 e. The molecule has 2 N–H and O–H groups in total. The zero-order valence-electron chi connectivity index (χ0n) is 10.8. The maximum Gasteiger partial charge on any atom is 0.326 e. The summed E-state index contributed by atoms with van der Waals surface area (Å²) >= 11 is 0. The van der Waals surface area contributed by atoms with Crippen molar-refractivity contribution in [3.8, 4) is 17.1 Å². The summed E-state index contributed by atoms with van der Waals surface area (Å²) in [6.07, 6.45) is -3.82. The molecule has 1 aromatic carbocycles. The van der Waals surface area contributed by atoms with E-state index in [0.717, 1.165) is 0 Å². The first-order chi connectivity index (χ1) is 9.85. The first-order valence-electron chi connectivity index (χ1n) is 5.71. The Hall–Kier alpha value is -2.39. The van der Waals surface area contributed by atoms with Crippen LogP contribution >= 0.6 is 0 Å². The Morgan fingerprint density at radius 3 is 2.71 bits per heavy atom. The van der Waals surface area contributed by atoms with E-state index in [9.17, 15) is 17.6 Å². The quantitative estimate of drug-likeness (QED) is 0.673. The van der Waals surface area contributed by atoms with E-state index in [1.54, 1.807) is 0 Å². The highest BCUT2D eigenvalue weighted by molar-refractivity contribution is 5.68. The minimum atomic E-state index is -4.25. The van der Waals surface area contributed by atoms with E-state index in [1.165, 1.54) is 25.3 Å². The van der Waals surface area contributed by atoms with E-state index >= 15 is 0 Å². The highest BCUT2D eigenvalue weighted by atomic mass is 19.3. The second-order valence-electron chi connectivity index (χ2n) is 4.18. The van der Waals surface area contributed by atoms with Gasteiger partial charge in [0.2, 0.25) is 0 Å². The number of methoxy groups -OCH3 is 1. The van der Waals surface area contributed by atoms with Crippen molar-refractivity contribution in [3.05, 3.63) is 18.2 Å². The fourth-order valence-electron chi connectivity index (χ4n) is 1.67. The lowest BCUT2D eigenvalue weighted by atomic mass is 10.1. The number of hydrogen-bond acceptors (Lipinski definition) is 5. The molecule has 1 heterocycles. The number of ether oxygens (including phenoxy) is 1. The van der Waals surface area contributed by atoms with Gasteiger partial charge in [0.05, 0.1) is 12.7 Å². The van der Waals surface area contributed by atoms with E-state index in [4.69, 9.17) is 10.5 Å². The lowest BCUT2D eigenvalue weighted by Gasteiger charge is -2.16. The Morgan fingerprint density at radius 2 is 2.10 bits per heavy atom. The monoisotopic (exact) mass is 305 g/mol. The van der Waals surface area contributed by atoms with Crippen molar-refractivity contribution in [3.63, 3.8) is 0 Å². The van der Waals surface area contributed by atoms with Crippen LogP contribution in [-0.2, 0) is 6.54 Å². The van der Waals surface area contributed by atoms with Crippen molar-refractivity contribution in [2.45, 2.75) is 18.9 Å². The third kappa shape index (κ3) is 3.03. The predicted molar refractivity (Wildman–Crippen MR) is 65.2 cm³/mol. The molecule has 0 amide bonds. The van der Waals surface area contributed by atoms with Crippen LogP contribution in [0.25, 0.3) is 11.4 Å². The van der Waals surface area contributed by atoms with E-state index in [-0.39, 0.29) is 17.1 Å². The van der Waals surface area contributed by atoms with Gasteiger partial charge in [0.1, 0.15) is 12.3 Å². The van der Waals surface area contributed by atoms with Gasteiger partial charge in [-0.15, -0.1) is 5.10 Å². The minimum absolute atomic E-state index is 0.139. The van der Waals surface area contributed by atoms with Gasteiger partial charge >= 0.3 is 12.3 Å². The Morgan fingerprint density at radius 1 is 1.38 bits per heavy atom. The summed E-state index contributed by atoms with van der Waals surface area (Å²) in [5.41, 5.74) is 6.16. The SMILES string of the molecule is COc1ccc(N)cc1-c1nnnn1CC(F)(F)C(F)F. The summed E-state index contributed by atoms with van der Waals surface area (Å²) in [4.78, 5) is 0. The van der Waals surface area contributed by atoms with Gasteiger partial charge in [-0.25, -0.2) is 13.5 Å². The molecule has 6 nitrogen and oxygen atoms in total. The van der Waals surface area contributed by atoms with Crippen LogP contribution in [0.5, 0.6) is 5.75 Å². The number of aromatic nitrogens is 4. The number of halogens is 4. The van der Waals surface area contributed by atoms with Crippen LogP contribution in [-0.4, -0.2) is 39.7 Å². The number of alkyl halides is 4. The second kappa shape index (κ2) is 5.54. The molecule has 10 heteroatoms. The average molecular weight is 305 g/mol. The van der Waals surface area contributed by atoms with Crippen molar-refractivity contribution < 1.29 is 22.3 Å². The van der Waals surface area contributed by atoms with Gasteiger partial charge in [0, 0.05) is 5.69 Å². The molecule has 0 aliphatic carbocycles. The maximum atomic E-state index is 13.1. The highest BCUT2D eigenvalue weighted by Gasteiger charge is 2.42. The van der Waals surface area contributed by atoms with Crippen molar-refractivity contribution in [1.29, 1.82) is 0 Å². The van der Waals surface area contributed by atoms with Crippen molar-refractivity contribution in [1.82, 2.24) is 20.2 Å². The van der Waals surface area contributed by atoms with Gasteiger partial charge in [0.25, 0.3) is 0 Å². The third-order valence-electron chi connectivity index (χ3n) is 2.68. The molecule has 0 radical (unpaired) electrons. The first-order valence-corrected chi connectivity index (χ1v) is 5.71. The van der Waals surface area contributed by atoms with Gasteiger partial charge < -0.3 is 10.5 Å². The molecule has 0 atom stereocenters. The lowest BCUT2D eigenvalue weighted by molar-refractivity contribution is -0.139. The van der Waals surface area contributed by atoms with Gasteiger partial charge in [-0.3, -0.25) is 0 Å².